The average molecular weight is 533 g/mol. The number of aromatic nitrogens is 4. The molecule has 204 valence electrons. The van der Waals surface area contributed by atoms with E-state index in [0.717, 1.165) is 27.3 Å². The van der Waals surface area contributed by atoms with Crippen LogP contribution in [0.5, 0.6) is 5.75 Å². The average Bonchev–Trinajstić information content (AvgIpc) is 3.43. The monoisotopic (exact) mass is 532 g/mol. The summed E-state index contributed by atoms with van der Waals surface area (Å²) in [5.74, 6) is 0.458. The van der Waals surface area contributed by atoms with Crippen molar-refractivity contribution in [2.75, 3.05) is 30.0 Å². The summed E-state index contributed by atoms with van der Waals surface area (Å²) in [6.07, 6.45) is -1.24. The smallest absolute Gasteiger partial charge is 0.416 e. The zero-order valence-electron chi connectivity index (χ0n) is 22.7. The van der Waals surface area contributed by atoms with E-state index in [1.54, 1.807) is 0 Å². The van der Waals surface area contributed by atoms with Gasteiger partial charge < -0.3 is 14.7 Å². The molecule has 0 aliphatic heterocycles. The number of carbonyl (C=O) groups is 1. The number of hydrogen-bond donors (Lipinski definition) is 2. The highest BCUT2D eigenvalue weighted by Gasteiger charge is 2.26. The summed E-state index contributed by atoms with van der Waals surface area (Å²) >= 11 is 0. The number of methoxy groups -OCH3 is 1. The molecule has 0 atom stereocenters. The molecule has 0 unspecified atom stereocenters. The molecule has 4 rings (SSSR count). The fourth-order valence-electron chi connectivity index (χ4n) is 4.64. The lowest BCUT2D eigenvalue weighted by molar-refractivity contribution is 0.205. The van der Waals surface area contributed by atoms with Crippen LogP contribution in [0.4, 0.5) is 26.2 Å². The van der Waals surface area contributed by atoms with Crippen LogP contribution in [0.1, 0.15) is 27.7 Å². The molecule has 2 N–H and O–H groups in total. The topological polar surface area (TPSA) is 107 Å². The van der Waals surface area contributed by atoms with Gasteiger partial charge in [0.25, 0.3) is 0 Å². The molecule has 1 heterocycles. The number of H-pyrrole nitrogens is 1. The van der Waals surface area contributed by atoms with E-state index in [1.807, 2.05) is 42.5 Å². The molecule has 0 aliphatic rings. The molecule has 1 aromatic heterocycles. The van der Waals surface area contributed by atoms with Gasteiger partial charge >= 0.3 is 6.09 Å². The second kappa shape index (κ2) is 11.9. The molecule has 0 bridgehead atoms. The van der Waals surface area contributed by atoms with Gasteiger partial charge in [0.2, 0.25) is 5.82 Å². The molecule has 9 nitrogen and oxygen atoms in total. The minimum absolute atomic E-state index is 0.0355. The van der Waals surface area contributed by atoms with Gasteiger partial charge in [-0.2, -0.15) is 5.21 Å². The van der Waals surface area contributed by atoms with E-state index in [2.05, 4.69) is 53.2 Å². The number of amides is 1. The van der Waals surface area contributed by atoms with Gasteiger partial charge in [-0.1, -0.05) is 58.0 Å². The summed E-state index contributed by atoms with van der Waals surface area (Å²) < 4.78 is 19.8. The van der Waals surface area contributed by atoms with Crippen molar-refractivity contribution in [1.29, 1.82) is 0 Å². The minimum Gasteiger partial charge on any atom is -0.494 e. The maximum Gasteiger partial charge on any atom is 0.416 e. The van der Waals surface area contributed by atoms with Gasteiger partial charge in [-0.05, 0) is 52.4 Å². The van der Waals surface area contributed by atoms with Crippen LogP contribution < -0.4 is 14.5 Å². The van der Waals surface area contributed by atoms with Crippen LogP contribution in [0.15, 0.2) is 60.7 Å². The quantitative estimate of drug-likeness (QED) is 0.236. The van der Waals surface area contributed by atoms with Gasteiger partial charge in [0.1, 0.15) is 0 Å². The van der Waals surface area contributed by atoms with Crippen LogP contribution in [0.2, 0.25) is 0 Å². The molecule has 0 radical (unpaired) electrons. The van der Waals surface area contributed by atoms with Crippen LogP contribution in [-0.4, -0.2) is 52.0 Å². The highest BCUT2D eigenvalue weighted by Crippen LogP contribution is 2.41. The Bertz CT molecular complexity index is 1410. The molecule has 3 aromatic carbocycles. The number of aromatic amines is 1. The summed E-state index contributed by atoms with van der Waals surface area (Å²) in [6, 6.07) is 17.4. The summed E-state index contributed by atoms with van der Waals surface area (Å²) in [5, 5.41) is 24.9. The summed E-state index contributed by atoms with van der Waals surface area (Å²) in [5.41, 5.74) is 3.61. The Kier molecular flexibility index (Phi) is 8.43. The lowest BCUT2D eigenvalue weighted by atomic mass is 9.97. The molecule has 1 amide bonds. The van der Waals surface area contributed by atoms with Crippen LogP contribution in [0, 0.1) is 17.7 Å². The van der Waals surface area contributed by atoms with E-state index in [9.17, 15) is 14.3 Å². The lowest BCUT2D eigenvalue weighted by Gasteiger charge is -2.33. The third-order valence-corrected chi connectivity index (χ3v) is 6.14. The van der Waals surface area contributed by atoms with Gasteiger partial charge in [0.05, 0.1) is 24.2 Å². The van der Waals surface area contributed by atoms with Crippen LogP contribution in [-0.2, 0) is 0 Å². The predicted molar refractivity (Wildman–Crippen MR) is 150 cm³/mol. The molecular weight excluding hydrogens is 499 g/mol. The van der Waals surface area contributed by atoms with Gasteiger partial charge in [-0.3, -0.25) is 0 Å². The van der Waals surface area contributed by atoms with E-state index in [-0.39, 0.29) is 11.4 Å². The Labute approximate surface area is 227 Å². The number of carboxylic acid groups (broad SMARTS) is 1. The standard InChI is InChI=1S/C29H33FN6O3/c1-18(2)16-35(17-19(3)4)25-12-10-20(22-8-6-7-9-23(22)28-31-33-34-32-28)14-26(25)36(29(37)38)21-11-13-27(39-5)24(30)15-21/h6-15,18-19H,16-17H2,1-5H3,(H,37,38)(H,31,32,33,34). The maximum atomic E-state index is 14.8. The fourth-order valence-corrected chi connectivity index (χ4v) is 4.64. The molecule has 0 aliphatic carbocycles. The predicted octanol–water partition coefficient (Wildman–Crippen LogP) is 6.62. The van der Waals surface area contributed by atoms with Crippen molar-refractivity contribution in [1.82, 2.24) is 20.6 Å². The van der Waals surface area contributed by atoms with Crippen molar-refractivity contribution in [3.05, 3.63) is 66.5 Å². The summed E-state index contributed by atoms with van der Waals surface area (Å²) in [4.78, 5) is 16.1. The zero-order valence-corrected chi connectivity index (χ0v) is 22.7. The van der Waals surface area contributed by atoms with E-state index in [1.165, 1.54) is 25.3 Å². The Morgan fingerprint density at radius 2 is 1.67 bits per heavy atom. The van der Waals surface area contributed by atoms with Crippen molar-refractivity contribution in [2.45, 2.75) is 27.7 Å². The number of anilines is 3. The number of hydrogen-bond acceptors (Lipinski definition) is 6. The number of rotatable bonds is 10. The Morgan fingerprint density at radius 1 is 0.974 bits per heavy atom. The number of halogens is 1. The normalized spacial score (nSPS) is 11.2. The highest BCUT2D eigenvalue weighted by atomic mass is 19.1. The number of nitrogens with zero attached hydrogens (tertiary/aromatic N) is 5. The summed E-state index contributed by atoms with van der Waals surface area (Å²) in [7, 11) is 1.37. The van der Waals surface area contributed by atoms with Gasteiger partial charge in [0, 0.05) is 24.7 Å². The molecule has 39 heavy (non-hydrogen) atoms. The van der Waals surface area contributed by atoms with Crippen LogP contribution in [0.25, 0.3) is 22.5 Å². The van der Waals surface area contributed by atoms with Crippen molar-refractivity contribution >= 4 is 23.2 Å². The summed E-state index contributed by atoms with van der Waals surface area (Å²) in [6.45, 7) is 9.92. The highest BCUT2D eigenvalue weighted by molar-refractivity contribution is 6.00. The van der Waals surface area contributed by atoms with E-state index >= 15 is 0 Å². The third kappa shape index (κ3) is 6.17. The lowest BCUT2D eigenvalue weighted by Crippen LogP contribution is -2.34. The van der Waals surface area contributed by atoms with Crippen LogP contribution in [0.3, 0.4) is 0 Å². The molecule has 0 fully saturated rings. The van der Waals surface area contributed by atoms with E-state index in [0.29, 0.717) is 36.4 Å². The molecular formula is C29H33FN6O3. The molecule has 0 saturated carbocycles. The van der Waals surface area contributed by atoms with Crippen molar-refractivity contribution in [3.63, 3.8) is 0 Å². The SMILES string of the molecule is COc1ccc(N(C(=O)O)c2cc(-c3ccccc3-c3nn[nH]n3)ccc2N(CC(C)C)CC(C)C)cc1F. The number of tetrazole rings is 1. The largest absolute Gasteiger partial charge is 0.494 e. The first-order chi connectivity index (χ1) is 18.7. The molecule has 0 spiro atoms. The van der Waals surface area contributed by atoms with Gasteiger partial charge in [0.15, 0.2) is 11.6 Å². The number of nitrogens with one attached hydrogen (secondary N) is 1. The third-order valence-electron chi connectivity index (χ3n) is 6.14. The first-order valence-electron chi connectivity index (χ1n) is 12.8. The second-order valence-corrected chi connectivity index (χ2v) is 10.1. The van der Waals surface area contributed by atoms with Crippen LogP contribution >= 0.6 is 0 Å². The number of ether oxygens (including phenoxy) is 1. The molecule has 0 saturated heterocycles. The van der Waals surface area contributed by atoms with E-state index in [4.69, 9.17) is 4.74 Å². The fraction of sp³-hybridized carbons (Fsp3) is 0.310. The van der Waals surface area contributed by atoms with Gasteiger partial charge in [-0.15, -0.1) is 10.2 Å². The Morgan fingerprint density at radius 3 is 2.23 bits per heavy atom. The first-order valence-corrected chi connectivity index (χ1v) is 12.8. The minimum atomic E-state index is -1.24. The zero-order chi connectivity index (χ0) is 28.1. The van der Waals surface area contributed by atoms with Crippen molar-refractivity contribution < 1.29 is 19.0 Å². The Balaban J connectivity index is 1.96. The van der Waals surface area contributed by atoms with Crippen molar-refractivity contribution in [2.24, 2.45) is 11.8 Å². The molecule has 4 aromatic rings. The molecule has 10 heteroatoms. The van der Waals surface area contributed by atoms with Gasteiger partial charge in [-0.25, -0.2) is 14.1 Å². The first kappa shape index (κ1) is 27.6. The number of benzene rings is 3. The second-order valence-electron chi connectivity index (χ2n) is 10.1. The Hall–Kier alpha value is -4.47. The maximum absolute atomic E-state index is 14.8. The van der Waals surface area contributed by atoms with E-state index < -0.39 is 11.9 Å². The van der Waals surface area contributed by atoms with Crippen molar-refractivity contribution in [3.8, 4) is 28.3 Å².